The summed E-state index contributed by atoms with van der Waals surface area (Å²) in [6.07, 6.45) is 3.36. The third-order valence-corrected chi connectivity index (χ3v) is 6.09. The van der Waals surface area contributed by atoms with Gasteiger partial charge < -0.3 is 10.6 Å². The summed E-state index contributed by atoms with van der Waals surface area (Å²) in [4.78, 5) is 13.8. The van der Waals surface area contributed by atoms with Gasteiger partial charge in [-0.15, -0.1) is 24.2 Å². The Balaban J connectivity index is 0.00000208. The number of benzene rings is 1. The van der Waals surface area contributed by atoms with E-state index in [1.165, 1.54) is 4.90 Å². The van der Waals surface area contributed by atoms with Crippen LogP contribution in [0.5, 0.6) is 0 Å². The van der Waals surface area contributed by atoms with Crippen molar-refractivity contribution in [3.63, 3.8) is 0 Å². The first-order valence-electron chi connectivity index (χ1n) is 8.60. The van der Waals surface area contributed by atoms with Gasteiger partial charge in [0.1, 0.15) is 0 Å². The molecule has 5 heteroatoms. The van der Waals surface area contributed by atoms with Crippen LogP contribution >= 0.6 is 24.2 Å². The lowest BCUT2D eigenvalue weighted by atomic mass is 9.91. The molecular formula is C19H29ClN2OS. The Kier molecular flexibility index (Phi) is 5.94. The summed E-state index contributed by atoms with van der Waals surface area (Å²) in [5.74, 6) is 0.429. The quantitative estimate of drug-likeness (QED) is 0.764. The molecule has 3 nitrogen and oxygen atoms in total. The molecule has 1 heterocycles. The molecule has 1 unspecified atom stereocenters. The molecule has 1 aromatic carbocycles. The van der Waals surface area contributed by atoms with Gasteiger partial charge >= 0.3 is 0 Å². The van der Waals surface area contributed by atoms with Crippen LogP contribution in [-0.2, 0) is 4.79 Å². The van der Waals surface area contributed by atoms with Crippen LogP contribution in [0.3, 0.4) is 0 Å². The highest BCUT2D eigenvalue weighted by atomic mass is 35.5. The Morgan fingerprint density at radius 2 is 1.96 bits per heavy atom. The molecule has 24 heavy (non-hydrogen) atoms. The number of piperidine rings is 1. The van der Waals surface area contributed by atoms with Gasteiger partial charge in [0.25, 0.3) is 0 Å². The molecule has 1 aliphatic carbocycles. The lowest BCUT2D eigenvalue weighted by Gasteiger charge is -2.23. The molecule has 1 saturated carbocycles. The maximum Gasteiger partial charge on any atom is 0.228 e. The van der Waals surface area contributed by atoms with Gasteiger partial charge in [-0.1, -0.05) is 20.8 Å². The van der Waals surface area contributed by atoms with E-state index < -0.39 is 0 Å². The largest absolute Gasteiger partial charge is 0.326 e. The van der Waals surface area contributed by atoms with Gasteiger partial charge in [0.2, 0.25) is 5.91 Å². The molecule has 1 aromatic rings. The van der Waals surface area contributed by atoms with Crippen LogP contribution in [0, 0.1) is 18.3 Å². The van der Waals surface area contributed by atoms with Crippen molar-refractivity contribution in [3.05, 3.63) is 23.8 Å². The SMILES string of the molecule is Cc1cc(SC(C)(C)C)ccc1NC(=O)C1CC12CCNCC2.Cl. The monoisotopic (exact) mass is 368 g/mol. The number of nitrogens with one attached hydrogen (secondary N) is 2. The van der Waals surface area contributed by atoms with Crippen LogP contribution in [-0.4, -0.2) is 23.7 Å². The van der Waals surface area contributed by atoms with E-state index in [-0.39, 0.29) is 29.0 Å². The van der Waals surface area contributed by atoms with E-state index in [2.05, 4.69) is 56.5 Å². The summed E-state index contributed by atoms with van der Waals surface area (Å²) in [5, 5.41) is 6.55. The molecule has 1 saturated heterocycles. The molecule has 0 radical (unpaired) electrons. The highest BCUT2D eigenvalue weighted by Crippen LogP contribution is 2.58. The molecule has 2 N–H and O–H groups in total. The summed E-state index contributed by atoms with van der Waals surface area (Å²) >= 11 is 1.86. The first-order valence-corrected chi connectivity index (χ1v) is 9.42. The number of anilines is 1. The minimum Gasteiger partial charge on any atom is -0.326 e. The molecular weight excluding hydrogens is 340 g/mol. The van der Waals surface area contributed by atoms with E-state index in [0.29, 0.717) is 5.41 Å². The fourth-order valence-corrected chi connectivity index (χ4v) is 4.69. The van der Waals surface area contributed by atoms with Crippen molar-refractivity contribution in [2.75, 3.05) is 18.4 Å². The van der Waals surface area contributed by atoms with Crippen molar-refractivity contribution in [3.8, 4) is 0 Å². The van der Waals surface area contributed by atoms with Gasteiger partial charge in [-0.2, -0.15) is 0 Å². The molecule has 2 aliphatic rings. The van der Waals surface area contributed by atoms with Crippen molar-refractivity contribution in [2.24, 2.45) is 11.3 Å². The first-order chi connectivity index (χ1) is 10.8. The van der Waals surface area contributed by atoms with Crippen LogP contribution in [0.4, 0.5) is 5.69 Å². The molecule has 1 amide bonds. The predicted molar refractivity (Wildman–Crippen MR) is 105 cm³/mol. The van der Waals surface area contributed by atoms with E-state index in [4.69, 9.17) is 0 Å². The second-order valence-corrected chi connectivity index (χ2v) is 9.95. The number of carbonyl (C=O) groups excluding carboxylic acids is 1. The highest BCUT2D eigenvalue weighted by molar-refractivity contribution is 8.00. The fraction of sp³-hybridized carbons (Fsp3) is 0.632. The summed E-state index contributed by atoms with van der Waals surface area (Å²) in [5.41, 5.74) is 2.41. The first kappa shape index (κ1) is 19.6. The van der Waals surface area contributed by atoms with Crippen molar-refractivity contribution >= 4 is 35.8 Å². The Morgan fingerprint density at radius 3 is 2.54 bits per heavy atom. The third kappa shape index (κ3) is 4.47. The fourth-order valence-electron chi connectivity index (χ4n) is 3.61. The molecule has 3 rings (SSSR count). The predicted octanol–water partition coefficient (Wildman–Crippen LogP) is 4.64. The molecule has 1 atom stereocenters. The summed E-state index contributed by atoms with van der Waals surface area (Å²) in [6.45, 7) is 10.8. The van der Waals surface area contributed by atoms with Gasteiger partial charge in [0.15, 0.2) is 0 Å². The van der Waals surface area contributed by atoms with E-state index in [1.54, 1.807) is 0 Å². The lowest BCUT2D eigenvalue weighted by molar-refractivity contribution is -0.118. The van der Waals surface area contributed by atoms with Crippen LogP contribution in [0.1, 0.15) is 45.6 Å². The Bertz CT molecular complexity index is 606. The summed E-state index contributed by atoms with van der Waals surface area (Å²) < 4.78 is 0.201. The average molecular weight is 369 g/mol. The number of carbonyl (C=O) groups is 1. The van der Waals surface area contributed by atoms with Crippen LogP contribution in [0.25, 0.3) is 0 Å². The lowest BCUT2D eigenvalue weighted by Crippen LogP contribution is -2.31. The van der Waals surface area contributed by atoms with Gasteiger partial charge in [-0.3, -0.25) is 4.79 Å². The van der Waals surface area contributed by atoms with E-state index in [0.717, 1.165) is 43.6 Å². The number of aryl methyl sites for hydroxylation is 1. The third-order valence-electron chi connectivity index (χ3n) is 4.99. The minimum atomic E-state index is 0. The summed E-state index contributed by atoms with van der Waals surface area (Å²) in [6, 6.07) is 6.35. The zero-order valence-corrected chi connectivity index (χ0v) is 16.7. The van der Waals surface area contributed by atoms with Gasteiger partial charge in [0.05, 0.1) is 0 Å². The van der Waals surface area contributed by atoms with Crippen molar-refractivity contribution < 1.29 is 4.79 Å². The van der Waals surface area contributed by atoms with Crippen molar-refractivity contribution in [2.45, 2.75) is 56.6 Å². The van der Waals surface area contributed by atoms with Gasteiger partial charge in [-0.25, -0.2) is 0 Å². The van der Waals surface area contributed by atoms with Gasteiger partial charge in [0, 0.05) is 21.2 Å². The number of thioether (sulfide) groups is 1. The zero-order chi connectivity index (χ0) is 16.7. The topological polar surface area (TPSA) is 41.1 Å². The normalized spacial score (nSPS) is 21.9. The number of hydrogen-bond donors (Lipinski definition) is 2. The van der Waals surface area contributed by atoms with Gasteiger partial charge in [-0.05, 0) is 68.5 Å². The smallest absolute Gasteiger partial charge is 0.228 e. The second kappa shape index (κ2) is 7.27. The standard InChI is InChI=1S/C19H28N2OS.ClH/c1-13-11-14(23-18(2,3)4)5-6-16(13)21-17(22)15-12-19(15)7-9-20-10-8-19;/h5-6,11,15,20H,7-10,12H2,1-4H3,(H,21,22);1H. The Morgan fingerprint density at radius 1 is 1.29 bits per heavy atom. The number of amides is 1. The van der Waals surface area contributed by atoms with Crippen molar-refractivity contribution in [1.82, 2.24) is 5.32 Å². The Hall–Kier alpha value is -0.710. The molecule has 1 spiro atoms. The minimum absolute atomic E-state index is 0. The Labute approximate surface area is 156 Å². The summed E-state index contributed by atoms with van der Waals surface area (Å²) in [7, 11) is 0. The number of halogens is 1. The second-order valence-electron chi connectivity index (χ2n) is 8.05. The molecule has 0 bridgehead atoms. The number of hydrogen-bond acceptors (Lipinski definition) is 3. The zero-order valence-electron chi connectivity index (χ0n) is 15.1. The van der Waals surface area contributed by atoms with Crippen molar-refractivity contribution in [1.29, 1.82) is 0 Å². The van der Waals surface area contributed by atoms with E-state index in [1.807, 2.05) is 11.8 Å². The van der Waals surface area contributed by atoms with Crippen LogP contribution in [0.15, 0.2) is 23.1 Å². The van der Waals surface area contributed by atoms with Crippen LogP contribution < -0.4 is 10.6 Å². The molecule has 134 valence electrons. The maximum atomic E-state index is 12.6. The van der Waals surface area contributed by atoms with E-state index >= 15 is 0 Å². The maximum absolute atomic E-state index is 12.6. The van der Waals surface area contributed by atoms with E-state index in [9.17, 15) is 4.79 Å². The highest BCUT2D eigenvalue weighted by Gasteiger charge is 2.57. The number of rotatable bonds is 3. The molecule has 0 aromatic heterocycles. The molecule has 1 aliphatic heterocycles. The van der Waals surface area contributed by atoms with Crippen LogP contribution in [0.2, 0.25) is 0 Å². The molecule has 2 fully saturated rings. The average Bonchev–Trinajstić information content (AvgIpc) is 3.14.